The van der Waals surface area contributed by atoms with Crippen LogP contribution in [0.2, 0.25) is 0 Å². The van der Waals surface area contributed by atoms with Gasteiger partial charge in [-0.15, -0.1) is 0 Å². The van der Waals surface area contributed by atoms with E-state index in [9.17, 15) is 4.79 Å². The van der Waals surface area contributed by atoms with Gasteiger partial charge in [0.1, 0.15) is 6.61 Å². The Bertz CT molecular complexity index is 894. The predicted molar refractivity (Wildman–Crippen MR) is 100 cm³/mol. The molecule has 0 radical (unpaired) electrons. The summed E-state index contributed by atoms with van der Waals surface area (Å²) in [6, 6.07) is 13.2. The molecule has 0 unspecified atom stereocenters. The first-order chi connectivity index (χ1) is 12.7. The molecule has 0 aliphatic carbocycles. The minimum absolute atomic E-state index is 0.227. The van der Waals surface area contributed by atoms with Crippen molar-refractivity contribution < 1.29 is 14.3 Å². The lowest BCUT2D eigenvalue weighted by Gasteiger charge is -2.10. The summed E-state index contributed by atoms with van der Waals surface area (Å²) in [6.45, 7) is 4.82. The average Bonchev–Trinajstić information content (AvgIpc) is 2.68. The molecule has 0 saturated carbocycles. The fourth-order valence-corrected chi connectivity index (χ4v) is 2.58. The zero-order valence-corrected chi connectivity index (χ0v) is 15.1. The van der Waals surface area contributed by atoms with Crippen molar-refractivity contribution in [3.63, 3.8) is 0 Å². The quantitative estimate of drug-likeness (QED) is 0.464. The molecule has 0 atom stereocenters. The number of ether oxygens (including phenoxy) is 2. The molecule has 5 heteroatoms. The van der Waals surface area contributed by atoms with Crippen molar-refractivity contribution in [2.75, 3.05) is 6.61 Å². The topological polar surface area (TPSA) is 61.3 Å². The Morgan fingerprint density at radius 3 is 2.69 bits per heavy atom. The molecular weight excluding hydrogens is 328 g/mol. The molecule has 3 aromatic rings. The molecule has 5 nitrogen and oxygen atoms in total. The normalized spacial score (nSPS) is 10.7. The van der Waals surface area contributed by atoms with Crippen LogP contribution in [0, 0.1) is 6.92 Å². The highest BCUT2D eigenvalue weighted by molar-refractivity contribution is 5.95. The van der Waals surface area contributed by atoms with Crippen LogP contribution >= 0.6 is 0 Å². The van der Waals surface area contributed by atoms with Gasteiger partial charge in [0.15, 0.2) is 0 Å². The van der Waals surface area contributed by atoms with Crippen molar-refractivity contribution in [2.24, 2.45) is 0 Å². The van der Waals surface area contributed by atoms with Crippen LogP contribution in [0.3, 0.4) is 0 Å². The molecule has 0 spiro atoms. The van der Waals surface area contributed by atoms with Gasteiger partial charge in [-0.1, -0.05) is 43.7 Å². The number of carbonyl (C=O) groups excluding carboxylic acids is 1. The SMILES string of the molecule is CCCCOc1ccc2ncc(C(=O)OCc3ccccc3)c(C)c2n1. The minimum Gasteiger partial charge on any atom is -0.478 e. The highest BCUT2D eigenvalue weighted by Gasteiger charge is 2.15. The summed E-state index contributed by atoms with van der Waals surface area (Å²) in [4.78, 5) is 21.3. The number of aromatic nitrogens is 2. The number of benzene rings is 1. The Labute approximate surface area is 153 Å². The standard InChI is InChI=1S/C21H22N2O3/c1-3-4-12-25-19-11-10-18-20(23-19)15(2)17(13-22-18)21(24)26-14-16-8-6-5-7-9-16/h5-11,13H,3-4,12,14H2,1-2H3. The number of nitrogens with zero attached hydrogens (tertiary/aromatic N) is 2. The van der Waals surface area contributed by atoms with Gasteiger partial charge in [-0.05, 0) is 30.5 Å². The van der Waals surface area contributed by atoms with Crippen molar-refractivity contribution in [1.82, 2.24) is 9.97 Å². The van der Waals surface area contributed by atoms with Crippen molar-refractivity contribution >= 4 is 17.0 Å². The average molecular weight is 350 g/mol. The lowest BCUT2D eigenvalue weighted by molar-refractivity contribution is 0.0471. The molecule has 0 aliphatic heterocycles. The molecule has 2 heterocycles. The van der Waals surface area contributed by atoms with E-state index in [1.807, 2.05) is 43.3 Å². The van der Waals surface area contributed by atoms with Crippen molar-refractivity contribution in [2.45, 2.75) is 33.3 Å². The third-order valence-electron chi connectivity index (χ3n) is 4.12. The molecule has 0 fully saturated rings. The molecule has 0 N–H and O–H groups in total. The number of pyridine rings is 2. The lowest BCUT2D eigenvalue weighted by atomic mass is 10.1. The Kier molecular flexibility index (Phi) is 5.79. The summed E-state index contributed by atoms with van der Waals surface area (Å²) in [5, 5.41) is 0. The number of hydrogen-bond acceptors (Lipinski definition) is 5. The summed E-state index contributed by atoms with van der Waals surface area (Å²) in [5.74, 6) is 0.144. The lowest BCUT2D eigenvalue weighted by Crippen LogP contribution is -2.09. The maximum atomic E-state index is 12.5. The van der Waals surface area contributed by atoms with Gasteiger partial charge in [-0.25, -0.2) is 9.78 Å². The third-order valence-corrected chi connectivity index (χ3v) is 4.12. The summed E-state index contributed by atoms with van der Waals surface area (Å²) in [7, 11) is 0. The first-order valence-corrected chi connectivity index (χ1v) is 8.79. The van der Waals surface area contributed by atoms with Crippen LogP contribution in [-0.2, 0) is 11.3 Å². The van der Waals surface area contributed by atoms with Crippen LogP contribution in [0.5, 0.6) is 5.88 Å². The van der Waals surface area contributed by atoms with E-state index < -0.39 is 5.97 Å². The van der Waals surface area contributed by atoms with E-state index in [0.717, 1.165) is 29.5 Å². The Hall–Kier alpha value is -2.95. The summed E-state index contributed by atoms with van der Waals surface area (Å²) < 4.78 is 11.1. The van der Waals surface area contributed by atoms with Gasteiger partial charge in [0.05, 0.1) is 23.2 Å². The number of carbonyl (C=O) groups is 1. The second kappa shape index (κ2) is 8.43. The van der Waals surface area contributed by atoms with Crippen LogP contribution in [0.4, 0.5) is 0 Å². The maximum Gasteiger partial charge on any atom is 0.340 e. The number of rotatable bonds is 7. The van der Waals surface area contributed by atoms with Gasteiger partial charge in [0.25, 0.3) is 0 Å². The van der Waals surface area contributed by atoms with Crippen molar-refractivity contribution in [3.8, 4) is 5.88 Å². The van der Waals surface area contributed by atoms with Crippen molar-refractivity contribution in [3.05, 3.63) is 65.4 Å². The van der Waals surface area contributed by atoms with E-state index in [4.69, 9.17) is 9.47 Å². The van der Waals surface area contributed by atoms with Gasteiger partial charge in [0, 0.05) is 12.3 Å². The largest absolute Gasteiger partial charge is 0.478 e. The number of unbranched alkanes of at least 4 members (excludes halogenated alkanes) is 1. The number of hydrogen-bond donors (Lipinski definition) is 0. The Morgan fingerprint density at radius 1 is 1.12 bits per heavy atom. The Morgan fingerprint density at radius 2 is 1.92 bits per heavy atom. The number of esters is 1. The van der Waals surface area contributed by atoms with Crippen LogP contribution in [0.25, 0.3) is 11.0 Å². The summed E-state index contributed by atoms with van der Waals surface area (Å²) in [5.41, 5.74) is 3.50. The predicted octanol–water partition coefficient (Wildman–Crippen LogP) is 4.47. The van der Waals surface area contributed by atoms with E-state index >= 15 is 0 Å². The van der Waals surface area contributed by atoms with Gasteiger partial charge < -0.3 is 9.47 Å². The monoisotopic (exact) mass is 350 g/mol. The zero-order chi connectivity index (χ0) is 18.4. The minimum atomic E-state index is -0.403. The van der Waals surface area contributed by atoms with Crippen LogP contribution < -0.4 is 4.74 Å². The van der Waals surface area contributed by atoms with Gasteiger partial charge >= 0.3 is 5.97 Å². The molecule has 26 heavy (non-hydrogen) atoms. The molecule has 0 aliphatic rings. The molecule has 3 rings (SSSR count). The van der Waals surface area contributed by atoms with E-state index in [2.05, 4.69) is 16.9 Å². The zero-order valence-electron chi connectivity index (χ0n) is 15.1. The van der Waals surface area contributed by atoms with Gasteiger partial charge in [-0.2, -0.15) is 0 Å². The number of fused-ring (bicyclic) bond motifs is 1. The molecular formula is C21H22N2O3. The van der Waals surface area contributed by atoms with Gasteiger partial charge in [0.2, 0.25) is 5.88 Å². The van der Waals surface area contributed by atoms with E-state index in [1.165, 1.54) is 0 Å². The molecule has 0 amide bonds. The van der Waals surface area contributed by atoms with Crippen LogP contribution in [0.1, 0.15) is 41.3 Å². The molecule has 1 aromatic carbocycles. The second-order valence-electron chi connectivity index (χ2n) is 6.08. The summed E-state index contributed by atoms with van der Waals surface area (Å²) in [6.07, 6.45) is 3.58. The summed E-state index contributed by atoms with van der Waals surface area (Å²) >= 11 is 0. The molecule has 134 valence electrons. The highest BCUT2D eigenvalue weighted by Crippen LogP contribution is 2.22. The van der Waals surface area contributed by atoms with E-state index in [-0.39, 0.29) is 6.61 Å². The maximum absolute atomic E-state index is 12.5. The van der Waals surface area contributed by atoms with Crippen LogP contribution in [-0.4, -0.2) is 22.5 Å². The Balaban J connectivity index is 1.79. The fourth-order valence-electron chi connectivity index (χ4n) is 2.58. The molecule has 0 bridgehead atoms. The van der Waals surface area contributed by atoms with Crippen molar-refractivity contribution in [1.29, 1.82) is 0 Å². The fraction of sp³-hybridized carbons (Fsp3) is 0.286. The van der Waals surface area contributed by atoms with Crippen LogP contribution in [0.15, 0.2) is 48.7 Å². The third kappa shape index (κ3) is 4.17. The number of aryl methyl sites for hydroxylation is 1. The highest BCUT2D eigenvalue weighted by atomic mass is 16.5. The first kappa shape index (κ1) is 17.9. The molecule has 0 saturated heterocycles. The van der Waals surface area contributed by atoms with E-state index in [0.29, 0.717) is 23.6 Å². The smallest absolute Gasteiger partial charge is 0.340 e. The van der Waals surface area contributed by atoms with E-state index in [1.54, 1.807) is 12.3 Å². The van der Waals surface area contributed by atoms with Gasteiger partial charge in [-0.3, -0.25) is 4.98 Å². The molecule has 2 aromatic heterocycles. The second-order valence-corrected chi connectivity index (χ2v) is 6.08. The first-order valence-electron chi connectivity index (χ1n) is 8.79.